The Bertz CT molecular complexity index is 328. The zero-order valence-electron chi connectivity index (χ0n) is 12.2. The molecule has 0 saturated heterocycles. The van der Waals surface area contributed by atoms with Gasteiger partial charge in [-0.3, -0.25) is 0 Å². The van der Waals surface area contributed by atoms with E-state index < -0.39 is 6.83 Å². The van der Waals surface area contributed by atoms with Gasteiger partial charge in [0.2, 0.25) is 0 Å². The van der Waals surface area contributed by atoms with Gasteiger partial charge in [0, 0.05) is 0 Å². The van der Waals surface area contributed by atoms with Crippen LogP contribution in [0, 0.1) is 0 Å². The molecule has 0 saturated carbocycles. The molecular formula is C16H29OP. The molecule has 0 radical (unpaired) electrons. The molecule has 0 aromatic heterocycles. The van der Waals surface area contributed by atoms with E-state index in [9.17, 15) is 4.89 Å². The van der Waals surface area contributed by atoms with Crippen LogP contribution in [0.4, 0.5) is 0 Å². The van der Waals surface area contributed by atoms with Crippen LogP contribution in [0.2, 0.25) is 0 Å². The number of hydrogen-bond donors (Lipinski definition) is 1. The van der Waals surface area contributed by atoms with E-state index in [-0.39, 0.29) is 0 Å². The summed E-state index contributed by atoms with van der Waals surface area (Å²) >= 11 is 0. The quantitative estimate of drug-likeness (QED) is 0.666. The van der Waals surface area contributed by atoms with Gasteiger partial charge in [-0.1, -0.05) is 0 Å². The summed E-state index contributed by atoms with van der Waals surface area (Å²) in [6, 6.07) is 10.5. The van der Waals surface area contributed by atoms with Gasteiger partial charge in [-0.05, 0) is 0 Å². The Balaban J connectivity index is 3.01. The molecular weight excluding hydrogens is 239 g/mol. The van der Waals surface area contributed by atoms with Crippen molar-refractivity contribution in [3.63, 3.8) is 0 Å². The molecule has 0 atom stereocenters. The molecule has 0 spiro atoms. The van der Waals surface area contributed by atoms with Crippen LogP contribution in [0.25, 0.3) is 0 Å². The van der Waals surface area contributed by atoms with Gasteiger partial charge in [-0.15, -0.1) is 0 Å². The first-order valence-corrected chi connectivity index (χ1v) is 10.3. The maximum absolute atomic E-state index is 11.6. The summed E-state index contributed by atoms with van der Waals surface area (Å²) in [4.78, 5) is 11.6. The van der Waals surface area contributed by atoms with Crippen molar-refractivity contribution in [2.45, 2.75) is 46.2 Å². The Labute approximate surface area is 113 Å². The molecule has 18 heavy (non-hydrogen) atoms. The van der Waals surface area contributed by atoms with Crippen LogP contribution >= 0.6 is 6.83 Å². The van der Waals surface area contributed by atoms with Gasteiger partial charge in [0.15, 0.2) is 0 Å². The Hall–Kier alpha value is -0.390. The first-order chi connectivity index (χ1) is 8.56. The van der Waals surface area contributed by atoms with Crippen molar-refractivity contribution in [3.05, 3.63) is 35.9 Å². The SMILES string of the molecule is CCCP(O)(CCC)(CCC)Cc1ccccc1. The molecule has 0 heterocycles. The van der Waals surface area contributed by atoms with Crippen molar-refractivity contribution in [1.82, 2.24) is 0 Å². The molecule has 1 aromatic rings. The van der Waals surface area contributed by atoms with Gasteiger partial charge in [0.25, 0.3) is 0 Å². The number of benzene rings is 1. The second kappa shape index (κ2) is 6.68. The summed E-state index contributed by atoms with van der Waals surface area (Å²) in [6.07, 6.45) is 7.30. The van der Waals surface area contributed by atoms with E-state index in [0.717, 1.165) is 43.9 Å². The predicted octanol–water partition coefficient (Wildman–Crippen LogP) is 4.88. The molecule has 0 fully saturated rings. The predicted molar refractivity (Wildman–Crippen MR) is 84.8 cm³/mol. The summed E-state index contributed by atoms with van der Waals surface area (Å²) in [6.45, 7) is 4.09. The average Bonchev–Trinajstić information content (AvgIpc) is 2.30. The standard InChI is InChI=1S/C16H29OP/c1-4-12-18(17,13-5-2,14-6-3)15-16-10-8-7-9-11-16/h7-11,17H,4-6,12-15H2,1-3H3. The van der Waals surface area contributed by atoms with Crippen molar-refractivity contribution in [2.24, 2.45) is 0 Å². The second-order valence-electron chi connectivity index (χ2n) is 5.72. The summed E-state index contributed by atoms with van der Waals surface area (Å²) < 4.78 is 0. The molecule has 0 amide bonds. The van der Waals surface area contributed by atoms with Gasteiger partial charge < -0.3 is 0 Å². The monoisotopic (exact) mass is 268 g/mol. The minimum absolute atomic E-state index is 0.919. The topological polar surface area (TPSA) is 20.2 Å². The minimum atomic E-state index is -2.52. The number of hydrogen-bond acceptors (Lipinski definition) is 1. The zero-order chi connectivity index (χ0) is 13.5. The van der Waals surface area contributed by atoms with Crippen LogP contribution in [-0.2, 0) is 6.16 Å². The first-order valence-electron chi connectivity index (χ1n) is 7.35. The third-order valence-corrected chi connectivity index (χ3v) is 9.79. The van der Waals surface area contributed by atoms with Crippen LogP contribution in [-0.4, -0.2) is 23.4 Å². The van der Waals surface area contributed by atoms with Crippen molar-refractivity contribution in [1.29, 1.82) is 0 Å². The fourth-order valence-corrected chi connectivity index (χ4v) is 9.09. The fourth-order valence-electron chi connectivity index (χ4n) is 3.35. The summed E-state index contributed by atoms with van der Waals surface area (Å²) in [5.41, 5.74) is 1.31. The fraction of sp³-hybridized carbons (Fsp3) is 0.625. The van der Waals surface area contributed by atoms with Crippen LogP contribution in [0.3, 0.4) is 0 Å². The van der Waals surface area contributed by atoms with E-state index in [1.165, 1.54) is 5.56 Å². The van der Waals surface area contributed by atoms with Crippen LogP contribution in [0.5, 0.6) is 0 Å². The summed E-state index contributed by atoms with van der Waals surface area (Å²) in [7, 11) is 0. The van der Waals surface area contributed by atoms with Crippen molar-refractivity contribution in [2.75, 3.05) is 18.5 Å². The third-order valence-electron chi connectivity index (χ3n) is 3.83. The Kier molecular flexibility index (Phi) is 5.82. The molecule has 1 nitrogen and oxygen atoms in total. The van der Waals surface area contributed by atoms with Crippen LogP contribution in [0.1, 0.15) is 45.6 Å². The van der Waals surface area contributed by atoms with Gasteiger partial charge >= 0.3 is 112 Å². The third kappa shape index (κ3) is 4.07. The van der Waals surface area contributed by atoms with E-state index in [1.807, 2.05) is 0 Å². The van der Waals surface area contributed by atoms with E-state index >= 15 is 0 Å². The van der Waals surface area contributed by atoms with E-state index in [4.69, 9.17) is 0 Å². The van der Waals surface area contributed by atoms with E-state index in [2.05, 4.69) is 51.1 Å². The number of rotatable bonds is 8. The molecule has 0 aliphatic carbocycles. The molecule has 0 aliphatic heterocycles. The van der Waals surface area contributed by atoms with Crippen molar-refractivity contribution in [3.8, 4) is 0 Å². The van der Waals surface area contributed by atoms with Gasteiger partial charge in [0.05, 0.1) is 0 Å². The summed E-state index contributed by atoms with van der Waals surface area (Å²) in [5, 5.41) is 0. The van der Waals surface area contributed by atoms with Crippen molar-refractivity contribution >= 4 is 6.83 Å². The molecule has 1 N–H and O–H groups in total. The molecule has 2 heteroatoms. The van der Waals surface area contributed by atoms with Gasteiger partial charge in [-0.2, -0.15) is 0 Å². The Morgan fingerprint density at radius 3 is 1.67 bits per heavy atom. The molecule has 1 aromatic carbocycles. The van der Waals surface area contributed by atoms with E-state index in [1.54, 1.807) is 0 Å². The van der Waals surface area contributed by atoms with E-state index in [0.29, 0.717) is 0 Å². The average molecular weight is 268 g/mol. The zero-order valence-corrected chi connectivity index (χ0v) is 13.1. The van der Waals surface area contributed by atoms with Gasteiger partial charge in [0.1, 0.15) is 0 Å². The van der Waals surface area contributed by atoms with Crippen LogP contribution < -0.4 is 0 Å². The van der Waals surface area contributed by atoms with Crippen molar-refractivity contribution < 1.29 is 4.89 Å². The maximum atomic E-state index is 11.6. The molecule has 104 valence electrons. The normalized spacial score (nSPS) is 14.1. The van der Waals surface area contributed by atoms with Gasteiger partial charge in [-0.25, -0.2) is 0 Å². The molecule has 0 bridgehead atoms. The van der Waals surface area contributed by atoms with Crippen LogP contribution in [0.15, 0.2) is 30.3 Å². The molecule has 1 rings (SSSR count). The Morgan fingerprint density at radius 2 is 1.28 bits per heavy atom. The molecule has 0 unspecified atom stereocenters. The first kappa shape index (κ1) is 15.7. The second-order valence-corrected chi connectivity index (χ2v) is 11.2. The Morgan fingerprint density at radius 1 is 0.833 bits per heavy atom. The summed E-state index contributed by atoms with van der Waals surface area (Å²) in [5.74, 6) is 0. The molecule has 0 aliphatic rings.